The zero-order valence-electron chi connectivity index (χ0n) is 13.6. The second-order valence-electron chi connectivity index (χ2n) is 6.35. The summed E-state index contributed by atoms with van der Waals surface area (Å²) in [7, 11) is 0. The summed E-state index contributed by atoms with van der Waals surface area (Å²) in [5.74, 6) is 0.658. The normalized spacial score (nSPS) is 20.4. The van der Waals surface area contributed by atoms with Crippen LogP contribution < -0.4 is 5.43 Å². The standard InChI is InChI=1S/C20H22N2O/c1-14(2)19(16-11-7-4-8-12-16)21-22-20(23)18-13-17(18)15-9-5-3-6-10-15/h3-12,14,17-18H,13H2,1-2H3,(H,22,23)/t17-,18+/m0/s1. The molecular formula is C20H22N2O. The van der Waals surface area contributed by atoms with Gasteiger partial charge in [-0.05, 0) is 29.4 Å². The number of carbonyl (C=O) groups is 1. The Morgan fingerprint density at radius 3 is 2.26 bits per heavy atom. The molecule has 3 nitrogen and oxygen atoms in total. The zero-order chi connectivity index (χ0) is 16.2. The summed E-state index contributed by atoms with van der Waals surface area (Å²) in [6.07, 6.45) is 0.910. The van der Waals surface area contributed by atoms with Crippen LogP contribution in [-0.2, 0) is 4.79 Å². The number of hydrogen-bond acceptors (Lipinski definition) is 2. The van der Waals surface area contributed by atoms with Gasteiger partial charge < -0.3 is 0 Å². The lowest BCUT2D eigenvalue weighted by molar-refractivity contribution is -0.122. The predicted molar refractivity (Wildman–Crippen MR) is 93.2 cm³/mol. The van der Waals surface area contributed by atoms with Crippen LogP contribution in [0, 0.1) is 11.8 Å². The second-order valence-corrected chi connectivity index (χ2v) is 6.35. The molecule has 0 spiro atoms. The Morgan fingerprint density at radius 1 is 1.04 bits per heavy atom. The van der Waals surface area contributed by atoms with Gasteiger partial charge in [-0.3, -0.25) is 4.79 Å². The minimum Gasteiger partial charge on any atom is -0.273 e. The Bertz CT molecular complexity index is 692. The van der Waals surface area contributed by atoms with Crippen molar-refractivity contribution in [2.45, 2.75) is 26.2 Å². The third kappa shape index (κ3) is 3.67. The van der Waals surface area contributed by atoms with Crippen LogP contribution in [0.25, 0.3) is 0 Å². The lowest BCUT2D eigenvalue weighted by Gasteiger charge is -2.10. The van der Waals surface area contributed by atoms with Gasteiger partial charge in [0.15, 0.2) is 0 Å². The molecular weight excluding hydrogens is 284 g/mol. The molecule has 1 N–H and O–H groups in total. The molecule has 0 radical (unpaired) electrons. The number of nitrogens with zero attached hydrogens (tertiary/aromatic N) is 1. The second kappa shape index (κ2) is 6.78. The highest BCUT2D eigenvalue weighted by Gasteiger charge is 2.43. The molecule has 23 heavy (non-hydrogen) atoms. The fourth-order valence-corrected chi connectivity index (χ4v) is 2.89. The van der Waals surface area contributed by atoms with Gasteiger partial charge in [-0.2, -0.15) is 5.10 Å². The molecule has 1 aliphatic rings. The van der Waals surface area contributed by atoms with Gasteiger partial charge in [0.2, 0.25) is 5.91 Å². The molecule has 3 heteroatoms. The monoisotopic (exact) mass is 306 g/mol. The van der Waals surface area contributed by atoms with E-state index in [1.165, 1.54) is 5.56 Å². The first-order valence-electron chi connectivity index (χ1n) is 8.14. The number of benzene rings is 2. The lowest BCUT2D eigenvalue weighted by Crippen LogP contribution is -2.24. The SMILES string of the molecule is CC(C)C(=NNC(=O)[C@@H]1C[C@H]1c1ccccc1)c1ccccc1. The molecule has 2 aromatic carbocycles. The minimum absolute atomic E-state index is 0.0212. The van der Waals surface area contributed by atoms with Crippen molar-refractivity contribution in [1.29, 1.82) is 0 Å². The van der Waals surface area contributed by atoms with Crippen LogP contribution in [0.1, 0.15) is 37.3 Å². The molecule has 1 saturated carbocycles. The van der Waals surface area contributed by atoms with Crippen LogP contribution in [0.2, 0.25) is 0 Å². The van der Waals surface area contributed by atoms with Crippen LogP contribution in [0.4, 0.5) is 0 Å². The van der Waals surface area contributed by atoms with Crippen molar-refractivity contribution in [2.75, 3.05) is 0 Å². The number of hydrazone groups is 1. The Balaban J connectivity index is 1.66. The first kappa shape index (κ1) is 15.5. The summed E-state index contributed by atoms with van der Waals surface area (Å²) in [5, 5.41) is 4.40. The molecule has 118 valence electrons. The summed E-state index contributed by atoms with van der Waals surface area (Å²) in [6, 6.07) is 20.2. The van der Waals surface area contributed by atoms with Gasteiger partial charge in [0.25, 0.3) is 0 Å². The van der Waals surface area contributed by atoms with E-state index < -0.39 is 0 Å². The van der Waals surface area contributed by atoms with E-state index >= 15 is 0 Å². The van der Waals surface area contributed by atoms with E-state index in [1.54, 1.807) is 0 Å². The van der Waals surface area contributed by atoms with Gasteiger partial charge in [0.05, 0.1) is 5.71 Å². The number of nitrogens with one attached hydrogen (secondary N) is 1. The van der Waals surface area contributed by atoms with Gasteiger partial charge in [-0.25, -0.2) is 5.43 Å². The summed E-state index contributed by atoms with van der Waals surface area (Å²) in [6.45, 7) is 4.17. The maximum absolute atomic E-state index is 12.3. The molecule has 1 fully saturated rings. The first-order chi connectivity index (χ1) is 11.2. The van der Waals surface area contributed by atoms with E-state index in [0.717, 1.165) is 17.7 Å². The lowest BCUT2D eigenvalue weighted by atomic mass is 10.0. The highest BCUT2D eigenvalue weighted by atomic mass is 16.2. The van der Waals surface area contributed by atoms with Gasteiger partial charge in [0.1, 0.15) is 0 Å². The quantitative estimate of drug-likeness (QED) is 0.659. The summed E-state index contributed by atoms with van der Waals surface area (Å²) >= 11 is 0. The molecule has 0 aromatic heterocycles. The van der Waals surface area contributed by atoms with E-state index in [0.29, 0.717) is 5.92 Å². The Morgan fingerprint density at radius 2 is 1.65 bits per heavy atom. The highest BCUT2D eigenvalue weighted by molar-refractivity contribution is 6.02. The molecule has 3 rings (SSSR count). The molecule has 2 atom stereocenters. The van der Waals surface area contributed by atoms with Gasteiger partial charge in [-0.1, -0.05) is 74.5 Å². The molecule has 1 aliphatic carbocycles. The van der Waals surface area contributed by atoms with Crippen molar-refractivity contribution in [3.05, 3.63) is 71.8 Å². The van der Waals surface area contributed by atoms with E-state index in [4.69, 9.17) is 0 Å². The Labute approximate surface area is 137 Å². The van der Waals surface area contributed by atoms with E-state index in [1.807, 2.05) is 48.5 Å². The summed E-state index contributed by atoms with van der Waals surface area (Å²) in [4.78, 5) is 12.3. The highest BCUT2D eigenvalue weighted by Crippen LogP contribution is 2.47. The Kier molecular flexibility index (Phi) is 4.56. The zero-order valence-corrected chi connectivity index (χ0v) is 13.6. The van der Waals surface area contributed by atoms with Crippen molar-refractivity contribution in [1.82, 2.24) is 5.43 Å². The number of carbonyl (C=O) groups excluding carboxylic acids is 1. The summed E-state index contributed by atoms with van der Waals surface area (Å²) in [5.41, 5.74) is 5.98. The van der Waals surface area contributed by atoms with Crippen molar-refractivity contribution >= 4 is 11.6 Å². The fourth-order valence-electron chi connectivity index (χ4n) is 2.89. The average molecular weight is 306 g/mol. The van der Waals surface area contributed by atoms with Crippen LogP contribution in [0.15, 0.2) is 65.8 Å². The minimum atomic E-state index is 0.0212. The molecule has 0 heterocycles. The molecule has 0 aliphatic heterocycles. The largest absolute Gasteiger partial charge is 0.273 e. The smallest absolute Gasteiger partial charge is 0.243 e. The average Bonchev–Trinajstić information content (AvgIpc) is 3.37. The van der Waals surface area contributed by atoms with Gasteiger partial charge >= 0.3 is 0 Å². The molecule has 0 bridgehead atoms. The van der Waals surface area contributed by atoms with E-state index in [-0.39, 0.29) is 17.7 Å². The number of rotatable bonds is 5. The van der Waals surface area contributed by atoms with Crippen LogP contribution >= 0.6 is 0 Å². The van der Waals surface area contributed by atoms with Crippen LogP contribution in [-0.4, -0.2) is 11.6 Å². The maximum atomic E-state index is 12.3. The first-order valence-corrected chi connectivity index (χ1v) is 8.14. The van der Waals surface area contributed by atoms with Gasteiger partial charge in [0, 0.05) is 5.92 Å². The maximum Gasteiger partial charge on any atom is 0.243 e. The van der Waals surface area contributed by atoms with Crippen molar-refractivity contribution in [3.63, 3.8) is 0 Å². The number of hydrogen-bond donors (Lipinski definition) is 1. The van der Waals surface area contributed by atoms with Crippen molar-refractivity contribution < 1.29 is 4.79 Å². The van der Waals surface area contributed by atoms with Crippen LogP contribution in [0.5, 0.6) is 0 Å². The number of amides is 1. The fraction of sp³-hybridized carbons (Fsp3) is 0.300. The molecule has 1 amide bonds. The van der Waals surface area contributed by atoms with Crippen molar-refractivity contribution in [2.24, 2.45) is 16.9 Å². The Hall–Kier alpha value is -2.42. The van der Waals surface area contributed by atoms with E-state index in [9.17, 15) is 4.79 Å². The molecule has 0 saturated heterocycles. The van der Waals surface area contributed by atoms with Crippen molar-refractivity contribution in [3.8, 4) is 0 Å². The predicted octanol–water partition coefficient (Wildman–Crippen LogP) is 3.97. The third-order valence-corrected chi connectivity index (χ3v) is 4.26. The summed E-state index contributed by atoms with van der Waals surface area (Å²) < 4.78 is 0. The third-order valence-electron chi connectivity index (χ3n) is 4.26. The van der Waals surface area contributed by atoms with Crippen LogP contribution in [0.3, 0.4) is 0 Å². The van der Waals surface area contributed by atoms with E-state index in [2.05, 4.69) is 36.5 Å². The molecule has 2 aromatic rings. The van der Waals surface area contributed by atoms with Gasteiger partial charge in [-0.15, -0.1) is 0 Å². The topological polar surface area (TPSA) is 41.5 Å². The molecule has 0 unspecified atom stereocenters.